The number of allylic oxidation sites excluding steroid dienone is 4. The van der Waals surface area contributed by atoms with Crippen molar-refractivity contribution in [3.63, 3.8) is 0 Å². The molecule has 0 amide bonds. The van der Waals surface area contributed by atoms with Crippen LogP contribution in [0.2, 0.25) is 0 Å². The van der Waals surface area contributed by atoms with Gasteiger partial charge in [0.1, 0.15) is 0 Å². The van der Waals surface area contributed by atoms with E-state index in [2.05, 4.69) is 46.4 Å². The Balaban J connectivity index is 4.70. The molecule has 4 N–H and O–H groups in total. The van der Waals surface area contributed by atoms with Gasteiger partial charge in [0.05, 0.1) is 6.17 Å². The van der Waals surface area contributed by atoms with Gasteiger partial charge in [0.2, 0.25) is 0 Å². The summed E-state index contributed by atoms with van der Waals surface area (Å²) in [6, 6.07) is 0. The largest absolute Gasteiger partial charge is 0.312 e. The molecule has 0 saturated heterocycles. The quantitative estimate of drug-likeness (QED) is 0.356. The van der Waals surface area contributed by atoms with Crippen LogP contribution in [0.1, 0.15) is 32.6 Å². The third-order valence-corrected chi connectivity index (χ3v) is 3.39. The molecule has 2 nitrogen and oxygen atoms in total. The Morgan fingerprint density at radius 3 is 1.75 bits per heavy atom. The molecule has 0 rings (SSSR count). The Morgan fingerprint density at radius 2 is 1.30 bits per heavy atom. The van der Waals surface area contributed by atoms with Gasteiger partial charge in [0.25, 0.3) is 0 Å². The Hall–Kier alpha value is -1.64. The van der Waals surface area contributed by atoms with Crippen LogP contribution in [0.15, 0.2) is 72.9 Å². The van der Waals surface area contributed by atoms with Gasteiger partial charge in [-0.3, -0.25) is 0 Å². The first-order valence-electron chi connectivity index (χ1n) is 6.89. The topological polar surface area (TPSA) is 52.0 Å². The summed E-state index contributed by atoms with van der Waals surface area (Å²) in [5.41, 5.74) is 15.6. The van der Waals surface area contributed by atoms with Crippen molar-refractivity contribution in [1.29, 1.82) is 0 Å². The SMILES string of the molecule is C=C(CCCCC)C(=C)C(=C)C(=C)C(=C)C(=C)C(N)N. The van der Waals surface area contributed by atoms with E-state index < -0.39 is 6.17 Å². The van der Waals surface area contributed by atoms with Gasteiger partial charge >= 0.3 is 0 Å². The first-order valence-corrected chi connectivity index (χ1v) is 6.89. The molecule has 0 aliphatic heterocycles. The molecule has 0 atom stereocenters. The second kappa shape index (κ2) is 8.51. The molecule has 0 unspecified atom stereocenters. The molecule has 0 fully saturated rings. The van der Waals surface area contributed by atoms with Crippen LogP contribution >= 0.6 is 0 Å². The lowest BCUT2D eigenvalue weighted by Crippen LogP contribution is -2.33. The lowest BCUT2D eigenvalue weighted by atomic mass is 9.88. The molecule has 0 aromatic carbocycles. The normalized spacial score (nSPS) is 10.2. The van der Waals surface area contributed by atoms with Gasteiger partial charge in [-0.15, -0.1) is 0 Å². The maximum absolute atomic E-state index is 5.60. The van der Waals surface area contributed by atoms with Crippen LogP contribution in [-0.4, -0.2) is 6.17 Å². The zero-order chi connectivity index (χ0) is 15.9. The highest BCUT2D eigenvalue weighted by molar-refractivity contribution is 5.62. The van der Waals surface area contributed by atoms with Gasteiger partial charge in [-0.05, 0) is 46.3 Å². The molecular weight excluding hydrogens is 244 g/mol. The van der Waals surface area contributed by atoms with Crippen molar-refractivity contribution < 1.29 is 0 Å². The predicted molar refractivity (Wildman–Crippen MR) is 91.1 cm³/mol. The predicted octanol–water partition coefficient (Wildman–Crippen LogP) is 4.15. The van der Waals surface area contributed by atoms with E-state index in [1.807, 2.05) is 0 Å². The fraction of sp³-hybridized carbons (Fsp3) is 0.333. The molecule has 0 aliphatic rings. The fourth-order valence-corrected chi connectivity index (χ4v) is 1.71. The fourth-order valence-electron chi connectivity index (χ4n) is 1.71. The smallest absolute Gasteiger partial charge is 0.0784 e. The molecule has 0 spiro atoms. The van der Waals surface area contributed by atoms with Crippen molar-refractivity contribution >= 4 is 0 Å². The number of hydrogen-bond donors (Lipinski definition) is 2. The molecule has 0 radical (unpaired) electrons. The highest BCUT2D eigenvalue weighted by atomic mass is 14.8. The van der Waals surface area contributed by atoms with Gasteiger partial charge in [0, 0.05) is 0 Å². The summed E-state index contributed by atoms with van der Waals surface area (Å²) in [6.07, 6.45) is 3.75. The van der Waals surface area contributed by atoms with Crippen LogP contribution in [0.3, 0.4) is 0 Å². The van der Waals surface area contributed by atoms with Gasteiger partial charge in [0.15, 0.2) is 0 Å². The van der Waals surface area contributed by atoms with E-state index in [0.29, 0.717) is 16.7 Å². The van der Waals surface area contributed by atoms with Crippen LogP contribution < -0.4 is 11.5 Å². The monoisotopic (exact) mass is 272 g/mol. The van der Waals surface area contributed by atoms with Crippen LogP contribution in [0.4, 0.5) is 0 Å². The molecule has 0 aliphatic carbocycles. The zero-order valence-electron chi connectivity index (χ0n) is 12.8. The van der Waals surface area contributed by atoms with Crippen molar-refractivity contribution in [3.05, 3.63) is 72.9 Å². The maximum Gasteiger partial charge on any atom is 0.0784 e. The number of hydrogen-bond acceptors (Lipinski definition) is 2. The van der Waals surface area contributed by atoms with Crippen LogP contribution in [-0.2, 0) is 0 Å². The molecule has 0 aromatic heterocycles. The molecule has 0 aromatic rings. The average molecular weight is 272 g/mol. The number of nitrogens with two attached hydrogens (primary N) is 2. The zero-order valence-corrected chi connectivity index (χ0v) is 12.8. The van der Waals surface area contributed by atoms with Crippen LogP contribution in [0, 0.1) is 0 Å². The Bertz CT molecular complexity index is 450. The van der Waals surface area contributed by atoms with Crippen molar-refractivity contribution in [3.8, 4) is 0 Å². The summed E-state index contributed by atoms with van der Waals surface area (Å²) < 4.78 is 0. The van der Waals surface area contributed by atoms with Crippen molar-refractivity contribution in [2.24, 2.45) is 11.5 Å². The summed E-state index contributed by atoms with van der Waals surface area (Å²) in [7, 11) is 0. The summed E-state index contributed by atoms with van der Waals surface area (Å²) in [6.45, 7) is 26.0. The minimum atomic E-state index is -0.645. The average Bonchev–Trinajstić information content (AvgIpc) is 2.43. The number of rotatable bonds is 10. The summed E-state index contributed by atoms with van der Waals surface area (Å²) >= 11 is 0. The van der Waals surface area contributed by atoms with Gasteiger partial charge in [-0.1, -0.05) is 59.2 Å². The first-order chi connectivity index (χ1) is 9.23. The van der Waals surface area contributed by atoms with E-state index in [0.717, 1.165) is 29.6 Å². The van der Waals surface area contributed by atoms with Crippen molar-refractivity contribution in [2.75, 3.05) is 0 Å². The molecule has 0 bridgehead atoms. The summed E-state index contributed by atoms with van der Waals surface area (Å²) in [5, 5.41) is 0. The Labute approximate surface area is 123 Å². The molecule has 0 saturated carbocycles. The van der Waals surface area contributed by atoms with Crippen LogP contribution in [0.5, 0.6) is 0 Å². The summed E-state index contributed by atoms with van der Waals surface area (Å²) in [4.78, 5) is 0. The lowest BCUT2D eigenvalue weighted by Gasteiger charge is -2.19. The second-order valence-electron chi connectivity index (χ2n) is 5.03. The molecule has 0 heterocycles. The Kier molecular flexibility index (Phi) is 7.82. The standard InChI is InChI=1S/C18H28N2/c1-8-9-10-11-12(2)13(3)14(4)15(5)16(6)17(7)18(19)20/h18H,2-11,19-20H2,1H3. The van der Waals surface area contributed by atoms with E-state index in [-0.39, 0.29) is 0 Å². The molecular formula is C18H28N2. The molecule has 20 heavy (non-hydrogen) atoms. The highest BCUT2D eigenvalue weighted by Crippen LogP contribution is 2.30. The van der Waals surface area contributed by atoms with Gasteiger partial charge < -0.3 is 11.5 Å². The minimum Gasteiger partial charge on any atom is -0.312 e. The van der Waals surface area contributed by atoms with E-state index in [9.17, 15) is 0 Å². The Morgan fingerprint density at radius 1 is 0.800 bits per heavy atom. The first kappa shape index (κ1) is 18.4. The van der Waals surface area contributed by atoms with Gasteiger partial charge in [-0.25, -0.2) is 0 Å². The maximum atomic E-state index is 5.60. The molecule has 110 valence electrons. The second-order valence-corrected chi connectivity index (χ2v) is 5.03. The minimum absolute atomic E-state index is 0.556. The third kappa shape index (κ3) is 5.16. The van der Waals surface area contributed by atoms with E-state index >= 15 is 0 Å². The van der Waals surface area contributed by atoms with Crippen molar-refractivity contribution in [2.45, 2.75) is 38.8 Å². The van der Waals surface area contributed by atoms with Crippen molar-refractivity contribution in [1.82, 2.24) is 0 Å². The summed E-state index contributed by atoms with van der Waals surface area (Å²) in [5.74, 6) is 0. The lowest BCUT2D eigenvalue weighted by molar-refractivity contribution is 0.717. The van der Waals surface area contributed by atoms with Crippen LogP contribution in [0.25, 0.3) is 0 Å². The number of unbranched alkanes of at least 4 members (excludes halogenated alkanes) is 2. The van der Waals surface area contributed by atoms with Gasteiger partial charge in [-0.2, -0.15) is 0 Å². The van der Waals surface area contributed by atoms with E-state index in [1.165, 1.54) is 12.8 Å². The highest BCUT2D eigenvalue weighted by Gasteiger charge is 2.14. The third-order valence-electron chi connectivity index (χ3n) is 3.39. The van der Waals surface area contributed by atoms with E-state index in [4.69, 9.17) is 11.5 Å². The van der Waals surface area contributed by atoms with E-state index in [1.54, 1.807) is 0 Å². The molecule has 2 heteroatoms.